The van der Waals surface area contributed by atoms with Crippen LogP contribution in [0.3, 0.4) is 0 Å². The minimum absolute atomic E-state index is 0.228. The first kappa shape index (κ1) is 12.5. The zero-order chi connectivity index (χ0) is 13.8. The number of ketones is 1. The molecule has 1 heterocycles. The van der Waals surface area contributed by atoms with Crippen LogP contribution in [0, 0.1) is 5.92 Å². The molecule has 19 heavy (non-hydrogen) atoms. The van der Waals surface area contributed by atoms with Gasteiger partial charge in [0.05, 0.1) is 0 Å². The summed E-state index contributed by atoms with van der Waals surface area (Å²) in [6.07, 6.45) is 2.90. The van der Waals surface area contributed by atoms with Crippen molar-refractivity contribution in [2.45, 2.75) is 45.6 Å². The van der Waals surface area contributed by atoms with E-state index in [-0.39, 0.29) is 11.5 Å². The molecule has 100 valence electrons. The van der Waals surface area contributed by atoms with E-state index in [1.165, 1.54) is 11.1 Å². The van der Waals surface area contributed by atoms with E-state index in [0.717, 1.165) is 17.7 Å². The number of carbonyl (C=O) groups is 1. The SMILES string of the molecule is CC1=CC(C)(C)Oc2cc(C(C)[C@@H]3CC3=O)ccc21. The Morgan fingerprint density at radius 2 is 2.05 bits per heavy atom. The van der Waals surface area contributed by atoms with Crippen molar-refractivity contribution >= 4 is 11.4 Å². The lowest BCUT2D eigenvalue weighted by molar-refractivity contribution is -0.111. The maximum atomic E-state index is 11.3. The molecule has 1 aromatic rings. The highest BCUT2D eigenvalue weighted by Gasteiger charge is 2.40. The molecule has 2 atom stereocenters. The number of allylic oxidation sites excluding steroid dienone is 1. The molecule has 1 unspecified atom stereocenters. The van der Waals surface area contributed by atoms with E-state index in [1.54, 1.807) is 0 Å². The molecule has 2 aliphatic rings. The van der Waals surface area contributed by atoms with Crippen molar-refractivity contribution in [2.75, 3.05) is 0 Å². The molecule has 0 saturated heterocycles. The number of hydrogen-bond donors (Lipinski definition) is 0. The van der Waals surface area contributed by atoms with Gasteiger partial charge in [-0.2, -0.15) is 0 Å². The zero-order valence-corrected chi connectivity index (χ0v) is 12.0. The Bertz CT molecular complexity index is 581. The molecule has 1 saturated carbocycles. The van der Waals surface area contributed by atoms with Crippen LogP contribution in [0.4, 0.5) is 0 Å². The zero-order valence-electron chi connectivity index (χ0n) is 12.0. The number of benzene rings is 1. The van der Waals surface area contributed by atoms with Gasteiger partial charge in [0.25, 0.3) is 0 Å². The fourth-order valence-corrected chi connectivity index (χ4v) is 2.99. The van der Waals surface area contributed by atoms with Gasteiger partial charge in [0.15, 0.2) is 0 Å². The Morgan fingerprint density at radius 3 is 2.68 bits per heavy atom. The summed E-state index contributed by atoms with van der Waals surface area (Å²) < 4.78 is 6.05. The molecule has 0 spiro atoms. The summed E-state index contributed by atoms with van der Waals surface area (Å²) in [5, 5.41) is 0. The summed E-state index contributed by atoms with van der Waals surface area (Å²) >= 11 is 0. The van der Waals surface area contributed by atoms with Gasteiger partial charge in [0.2, 0.25) is 0 Å². The van der Waals surface area contributed by atoms with E-state index < -0.39 is 0 Å². The monoisotopic (exact) mass is 256 g/mol. The van der Waals surface area contributed by atoms with Crippen molar-refractivity contribution in [3.8, 4) is 5.75 Å². The smallest absolute Gasteiger partial charge is 0.137 e. The first-order chi connectivity index (χ1) is 8.87. The number of ether oxygens (including phenoxy) is 1. The van der Waals surface area contributed by atoms with Gasteiger partial charge in [-0.3, -0.25) is 4.79 Å². The van der Waals surface area contributed by atoms with Crippen LogP contribution in [0.2, 0.25) is 0 Å². The van der Waals surface area contributed by atoms with Crippen LogP contribution in [-0.4, -0.2) is 11.4 Å². The van der Waals surface area contributed by atoms with Crippen LogP contribution >= 0.6 is 0 Å². The van der Waals surface area contributed by atoms with Gasteiger partial charge >= 0.3 is 0 Å². The van der Waals surface area contributed by atoms with Gasteiger partial charge in [-0.15, -0.1) is 0 Å². The van der Waals surface area contributed by atoms with Crippen molar-refractivity contribution in [1.29, 1.82) is 0 Å². The molecule has 1 aliphatic carbocycles. The number of rotatable bonds is 2. The number of carbonyl (C=O) groups excluding carboxylic acids is 1. The summed E-state index contributed by atoms with van der Waals surface area (Å²) in [6.45, 7) is 8.39. The number of hydrogen-bond acceptors (Lipinski definition) is 2. The molecule has 2 heteroatoms. The van der Waals surface area contributed by atoms with Crippen molar-refractivity contribution < 1.29 is 9.53 Å². The normalized spacial score (nSPS) is 25.2. The average Bonchev–Trinajstić information content (AvgIpc) is 3.03. The van der Waals surface area contributed by atoms with Crippen molar-refractivity contribution in [3.63, 3.8) is 0 Å². The molecule has 0 radical (unpaired) electrons. The van der Waals surface area contributed by atoms with Gasteiger partial charge in [0.1, 0.15) is 17.1 Å². The fourth-order valence-electron chi connectivity index (χ4n) is 2.99. The van der Waals surface area contributed by atoms with E-state index in [4.69, 9.17) is 4.74 Å². The maximum Gasteiger partial charge on any atom is 0.137 e. The Kier molecular flexibility index (Phi) is 2.60. The van der Waals surface area contributed by atoms with E-state index in [0.29, 0.717) is 11.7 Å². The minimum atomic E-state index is -0.256. The summed E-state index contributed by atoms with van der Waals surface area (Å²) in [5.41, 5.74) is 3.37. The fraction of sp³-hybridized carbons (Fsp3) is 0.471. The van der Waals surface area contributed by atoms with Crippen molar-refractivity contribution in [2.24, 2.45) is 5.92 Å². The quantitative estimate of drug-likeness (QED) is 0.800. The second-order valence-corrected chi connectivity index (χ2v) is 6.35. The molecule has 1 aliphatic heterocycles. The van der Waals surface area contributed by atoms with Gasteiger partial charge in [-0.05, 0) is 50.0 Å². The van der Waals surface area contributed by atoms with Gasteiger partial charge in [-0.1, -0.05) is 19.1 Å². The van der Waals surface area contributed by atoms with E-state index in [2.05, 4.69) is 52.0 Å². The molecular weight excluding hydrogens is 236 g/mol. The highest BCUT2D eigenvalue weighted by atomic mass is 16.5. The van der Waals surface area contributed by atoms with Gasteiger partial charge in [-0.25, -0.2) is 0 Å². The van der Waals surface area contributed by atoms with Crippen LogP contribution in [0.15, 0.2) is 24.3 Å². The molecule has 2 nitrogen and oxygen atoms in total. The van der Waals surface area contributed by atoms with Crippen molar-refractivity contribution in [3.05, 3.63) is 35.4 Å². The Hall–Kier alpha value is -1.57. The van der Waals surface area contributed by atoms with Crippen LogP contribution in [-0.2, 0) is 4.79 Å². The molecule has 0 N–H and O–H groups in total. The Balaban J connectivity index is 1.96. The first-order valence-electron chi connectivity index (χ1n) is 6.93. The van der Waals surface area contributed by atoms with Crippen LogP contribution in [0.25, 0.3) is 5.57 Å². The van der Waals surface area contributed by atoms with Gasteiger partial charge in [0, 0.05) is 17.9 Å². The summed E-state index contributed by atoms with van der Waals surface area (Å²) in [7, 11) is 0. The third kappa shape index (κ3) is 2.20. The maximum absolute atomic E-state index is 11.3. The Morgan fingerprint density at radius 1 is 1.37 bits per heavy atom. The molecule has 0 aromatic heterocycles. The van der Waals surface area contributed by atoms with E-state index >= 15 is 0 Å². The van der Waals surface area contributed by atoms with E-state index in [9.17, 15) is 4.79 Å². The van der Waals surface area contributed by atoms with Crippen LogP contribution in [0.1, 0.15) is 51.2 Å². The average molecular weight is 256 g/mol. The first-order valence-corrected chi connectivity index (χ1v) is 6.93. The predicted octanol–water partition coefficient (Wildman–Crippen LogP) is 3.95. The topological polar surface area (TPSA) is 26.3 Å². The number of Topliss-reactive ketones (excluding diaryl/α,β-unsaturated/α-hetero) is 1. The second kappa shape index (κ2) is 3.96. The molecule has 1 fully saturated rings. The Labute approximate surface area is 114 Å². The third-order valence-electron chi connectivity index (χ3n) is 4.17. The largest absolute Gasteiger partial charge is 0.483 e. The minimum Gasteiger partial charge on any atom is -0.483 e. The molecule has 0 bridgehead atoms. The summed E-state index contributed by atoms with van der Waals surface area (Å²) in [6, 6.07) is 6.37. The second-order valence-electron chi connectivity index (χ2n) is 6.35. The third-order valence-corrected chi connectivity index (χ3v) is 4.17. The molecular formula is C17H20O2. The molecule has 1 aromatic carbocycles. The van der Waals surface area contributed by atoms with Crippen LogP contribution < -0.4 is 4.74 Å². The lowest BCUT2D eigenvalue weighted by atomic mass is 9.91. The summed E-state index contributed by atoms with van der Waals surface area (Å²) in [5.74, 6) is 1.87. The summed E-state index contributed by atoms with van der Waals surface area (Å²) in [4.78, 5) is 11.3. The van der Waals surface area contributed by atoms with E-state index in [1.807, 2.05) is 0 Å². The standard InChI is InChI=1S/C17H20O2/c1-10-9-17(3,4)19-16-7-12(5-6-13(10)16)11(2)14-8-15(14)18/h5-7,9,11,14H,8H2,1-4H3/t11?,14-/m0/s1. The van der Waals surface area contributed by atoms with Crippen molar-refractivity contribution in [1.82, 2.24) is 0 Å². The highest BCUT2D eigenvalue weighted by Crippen LogP contribution is 2.42. The lowest BCUT2D eigenvalue weighted by Gasteiger charge is -2.31. The number of fused-ring (bicyclic) bond motifs is 1. The highest BCUT2D eigenvalue weighted by molar-refractivity contribution is 5.97. The molecule has 0 amide bonds. The van der Waals surface area contributed by atoms with Crippen LogP contribution in [0.5, 0.6) is 5.75 Å². The predicted molar refractivity (Wildman–Crippen MR) is 76.3 cm³/mol. The molecule has 3 rings (SSSR count). The van der Waals surface area contributed by atoms with Gasteiger partial charge < -0.3 is 4.74 Å². The lowest BCUT2D eigenvalue weighted by Crippen LogP contribution is -2.28.